The Hall–Kier alpha value is -0.540. The lowest BCUT2D eigenvalue weighted by molar-refractivity contribution is -0.133. The molecule has 0 aromatic carbocycles. The maximum atomic E-state index is 10.3. The summed E-state index contributed by atoms with van der Waals surface area (Å²) in [5, 5.41) is 8.48. The molecule has 0 heterocycles. The van der Waals surface area contributed by atoms with Crippen LogP contribution in [0.15, 0.2) is 12.2 Å². The molecular weight excluding hydrogens is 358 g/mol. The highest BCUT2D eigenvalue weighted by molar-refractivity contribution is 6.17. The van der Waals surface area contributed by atoms with E-state index in [-0.39, 0.29) is 11.6 Å². The van der Waals surface area contributed by atoms with Crippen molar-refractivity contribution in [3.05, 3.63) is 12.2 Å². The first-order chi connectivity index (χ1) is 12.9. The van der Waals surface area contributed by atoms with E-state index in [0.29, 0.717) is 0 Å². The average Bonchev–Trinajstić information content (AvgIpc) is 2.64. The van der Waals surface area contributed by atoms with E-state index in [2.05, 4.69) is 13.5 Å². The van der Waals surface area contributed by atoms with Crippen LogP contribution in [0, 0.1) is 0 Å². The van der Waals surface area contributed by atoms with Gasteiger partial charge in [0, 0.05) is 17.5 Å². The summed E-state index contributed by atoms with van der Waals surface area (Å²) in [5.41, 5.74) is 0.227. The van der Waals surface area contributed by atoms with Gasteiger partial charge in [-0.05, 0) is 27.4 Å². The highest BCUT2D eigenvalue weighted by Crippen LogP contribution is 2.12. The first kappa shape index (κ1) is 28.7. The van der Waals surface area contributed by atoms with E-state index in [1.54, 1.807) is 11.8 Å². The van der Waals surface area contributed by atoms with Crippen LogP contribution < -0.4 is 0 Å². The molecule has 0 bridgehead atoms. The van der Waals surface area contributed by atoms with Crippen LogP contribution >= 0.6 is 11.6 Å². The summed E-state index contributed by atoms with van der Waals surface area (Å²) in [6.45, 7) is 7.52. The SMILES string of the molecule is C=C(C(=O)O)C(C)N(C)C.CCCCCCCCCCCCCCCCCl. The van der Waals surface area contributed by atoms with Gasteiger partial charge in [0.05, 0.1) is 0 Å². The minimum Gasteiger partial charge on any atom is -0.478 e. The zero-order valence-corrected chi connectivity index (χ0v) is 19.3. The summed E-state index contributed by atoms with van der Waals surface area (Å²) >= 11 is 5.64. The summed E-state index contributed by atoms with van der Waals surface area (Å²) in [6, 6.07) is -0.0995. The Morgan fingerprint density at radius 3 is 1.41 bits per heavy atom. The highest BCUT2D eigenvalue weighted by atomic mass is 35.5. The van der Waals surface area contributed by atoms with E-state index in [1.165, 1.54) is 89.9 Å². The van der Waals surface area contributed by atoms with Crippen molar-refractivity contribution in [3.8, 4) is 0 Å². The third-order valence-corrected chi connectivity index (χ3v) is 5.31. The Morgan fingerprint density at radius 1 is 0.852 bits per heavy atom. The fourth-order valence-corrected chi connectivity index (χ4v) is 2.97. The Bertz CT molecular complexity index is 331. The Balaban J connectivity index is 0. The number of halogens is 1. The molecule has 0 aliphatic rings. The molecule has 1 unspecified atom stereocenters. The summed E-state index contributed by atoms with van der Waals surface area (Å²) in [6.07, 6.45) is 19.8. The standard InChI is InChI=1S/C16H33Cl.C7H13NO2/c1-2-3-4-5-6-7-8-9-10-11-12-13-14-15-16-17;1-5(7(9)10)6(2)8(3)4/h2-16H2,1H3;6H,1H2,2-4H3,(H,9,10). The number of carboxylic acid groups (broad SMARTS) is 1. The van der Waals surface area contributed by atoms with Crippen LogP contribution in [0.4, 0.5) is 0 Å². The first-order valence-electron chi connectivity index (χ1n) is 11.0. The van der Waals surface area contributed by atoms with Crippen molar-refractivity contribution in [2.45, 2.75) is 110 Å². The van der Waals surface area contributed by atoms with Crippen LogP contribution in [0.1, 0.15) is 104 Å². The lowest BCUT2D eigenvalue weighted by Crippen LogP contribution is -2.29. The second-order valence-corrected chi connectivity index (χ2v) is 8.13. The van der Waals surface area contributed by atoms with Crippen LogP contribution in [-0.4, -0.2) is 42.0 Å². The van der Waals surface area contributed by atoms with Crippen LogP contribution in [0.25, 0.3) is 0 Å². The molecule has 162 valence electrons. The second-order valence-electron chi connectivity index (χ2n) is 7.76. The van der Waals surface area contributed by atoms with Crippen molar-refractivity contribution in [2.24, 2.45) is 0 Å². The fourth-order valence-electron chi connectivity index (χ4n) is 2.78. The number of unbranched alkanes of at least 4 members (excludes halogenated alkanes) is 13. The molecule has 0 rings (SSSR count). The summed E-state index contributed by atoms with van der Waals surface area (Å²) in [7, 11) is 3.64. The molecular formula is C23H46ClNO2. The predicted molar refractivity (Wildman–Crippen MR) is 121 cm³/mol. The normalized spacial score (nSPS) is 11.8. The van der Waals surface area contributed by atoms with Gasteiger partial charge >= 0.3 is 5.97 Å². The van der Waals surface area contributed by atoms with Crippen molar-refractivity contribution in [1.82, 2.24) is 4.90 Å². The van der Waals surface area contributed by atoms with Crippen molar-refractivity contribution in [3.63, 3.8) is 0 Å². The number of hydrogen-bond donors (Lipinski definition) is 1. The third kappa shape index (κ3) is 21.6. The number of aliphatic carboxylic acids is 1. The van der Waals surface area contributed by atoms with Crippen LogP contribution in [-0.2, 0) is 4.79 Å². The summed E-state index contributed by atoms with van der Waals surface area (Å²) < 4.78 is 0. The fraction of sp³-hybridized carbons (Fsp3) is 0.870. The molecule has 0 spiro atoms. The van der Waals surface area contributed by atoms with Crippen molar-refractivity contribution < 1.29 is 9.90 Å². The molecule has 0 aromatic rings. The molecule has 0 amide bonds. The van der Waals surface area contributed by atoms with Gasteiger partial charge in [0.2, 0.25) is 0 Å². The molecule has 0 saturated heterocycles. The Labute approximate surface area is 174 Å². The molecule has 27 heavy (non-hydrogen) atoms. The highest BCUT2D eigenvalue weighted by Gasteiger charge is 2.14. The number of nitrogens with zero attached hydrogens (tertiary/aromatic N) is 1. The van der Waals surface area contributed by atoms with E-state index in [0.717, 1.165) is 5.88 Å². The van der Waals surface area contributed by atoms with E-state index in [1.807, 2.05) is 14.1 Å². The molecule has 0 saturated carbocycles. The third-order valence-electron chi connectivity index (χ3n) is 5.04. The smallest absolute Gasteiger partial charge is 0.332 e. The quantitative estimate of drug-likeness (QED) is 0.157. The predicted octanol–water partition coefficient (Wildman–Crippen LogP) is 7.28. The van der Waals surface area contributed by atoms with E-state index in [9.17, 15) is 4.79 Å². The maximum absolute atomic E-state index is 10.3. The largest absolute Gasteiger partial charge is 0.478 e. The van der Waals surface area contributed by atoms with Crippen LogP contribution in [0.2, 0.25) is 0 Å². The molecule has 3 nitrogen and oxygen atoms in total. The molecule has 0 radical (unpaired) electrons. The van der Waals surface area contributed by atoms with Crippen molar-refractivity contribution >= 4 is 17.6 Å². The lowest BCUT2D eigenvalue weighted by Gasteiger charge is -2.18. The minimum atomic E-state index is -0.929. The van der Waals surface area contributed by atoms with Crippen LogP contribution in [0.5, 0.6) is 0 Å². The van der Waals surface area contributed by atoms with Crippen LogP contribution in [0.3, 0.4) is 0 Å². The van der Waals surface area contributed by atoms with Gasteiger partial charge in [-0.1, -0.05) is 97.0 Å². The number of rotatable bonds is 17. The molecule has 1 atom stereocenters. The molecule has 0 aromatic heterocycles. The van der Waals surface area contributed by atoms with Gasteiger partial charge in [0.1, 0.15) is 0 Å². The van der Waals surface area contributed by atoms with Gasteiger partial charge in [-0.15, -0.1) is 11.6 Å². The monoisotopic (exact) mass is 403 g/mol. The average molecular weight is 404 g/mol. The van der Waals surface area contributed by atoms with E-state index >= 15 is 0 Å². The van der Waals surface area contributed by atoms with Gasteiger partial charge in [0.25, 0.3) is 0 Å². The van der Waals surface area contributed by atoms with Gasteiger partial charge in [-0.2, -0.15) is 0 Å². The van der Waals surface area contributed by atoms with Gasteiger partial charge < -0.3 is 10.0 Å². The lowest BCUT2D eigenvalue weighted by atomic mass is 10.0. The van der Waals surface area contributed by atoms with E-state index < -0.39 is 5.97 Å². The van der Waals surface area contributed by atoms with Gasteiger partial charge in [0.15, 0.2) is 0 Å². The molecule has 0 aliphatic carbocycles. The zero-order valence-electron chi connectivity index (χ0n) is 18.6. The van der Waals surface area contributed by atoms with E-state index in [4.69, 9.17) is 16.7 Å². The number of alkyl halides is 1. The topological polar surface area (TPSA) is 40.5 Å². The molecule has 0 fully saturated rings. The molecule has 4 heteroatoms. The molecule has 1 N–H and O–H groups in total. The number of likely N-dealkylation sites (N-methyl/N-ethyl adjacent to an activating group) is 1. The number of carbonyl (C=O) groups is 1. The Kier molecular flexibility index (Phi) is 23.1. The van der Waals surface area contributed by atoms with Crippen molar-refractivity contribution in [1.29, 1.82) is 0 Å². The minimum absolute atomic E-state index is 0.0995. The Morgan fingerprint density at radius 2 is 1.19 bits per heavy atom. The second kappa shape index (κ2) is 21.8. The number of hydrogen-bond acceptors (Lipinski definition) is 2. The van der Waals surface area contributed by atoms with Crippen molar-refractivity contribution in [2.75, 3.05) is 20.0 Å². The summed E-state index contributed by atoms with van der Waals surface area (Å²) in [4.78, 5) is 12.1. The number of carboxylic acids is 1. The zero-order chi connectivity index (χ0) is 20.9. The summed E-state index contributed by atoms with van der Waals surface area (Å²) in [5.74, 6) is -0.0842. The molecule has 0 aliphatic heterocycles. The van der Waals surface area contributed by atoms with Gasteiger partial charge in [-0.3, -0.25) is 0 Å². The first-order valence-corrected chi connectivity index (χ1v) is 11.6. The maximum Gasteiger partial charge on any atom is 0.332 e. The van der Waals surface area contributed by atoms with Gasteiger partial charge in [-0.25, -0.2) is 4.79 Å².